The number of aromatic nitrogens is 1. The van der Waals surface area contributed by atoms with Gasteiger partial charge in [0, 0.05) is 31.0 Å². The van der Waals surface area contributed by atoms with Crippen LogP contribution < -0.4 is 4.90 Å². The SMILES string of the molecule is Cc1ccc2c(c1)c(Br)c1n2CCN2C(=O)c3ccccc3N(C)C12. The lowest BCUT2D eigenvalue weighted by atomic mass is 10.0. The van der Waals surface area contributed by atoms with Gasteiger partial charge in [0.2, 0.25) is 0 Å². The summed E-state index contributed by atoms with van der Waals surface area (Å²) in [4.78, 5) is 17.3. The number of nitrogens with zero attached hydrogens (tertiary/aromatic N) is 3. The van der Waals surface area contributed by atoms with E-state index in [1.165, 1.54) is 16.5 Å². The summed E-state index contributed by atoms with van der Waals surface area (Å²) in [7, 11) is 2.08. The van der Waals surface area contributed by atoms with Crippen LogP contribution in [-0.4, -0.2) is 29.0 Å². The Balaban J connectivity index is 1.78. The Morgan fingerprint density at radius 3 is 2.76 bits per heavy atom. The summed E-state index contributed by atoms with van der Waals surface area (Å²) in [5, 5.41) is 1.22. The number of fused-ring (bicyclic) bond motifs is 6. The number of hydrogen-bond donors (Lipinski definition) is 0. The number of para-hydroxylation sites is 1. The Morgan fingerprint density at radius 1 is 1.12 bits per heavy atom. The van der Waals surface area contributed by atoms with Crippen molar-refractivity contribution in [3.8, 4) is 0 Å². The van der Waals surface area contributed by atoms with Crippen LogP contribution in [0.3, 0.4) is 0 Å². The molecule has 0 bridgehead atoms. The molecule has 1 atom stereocenters. The standard InChI is InChI=1S/C20H18BrN3O/c1-12-7-8-16-14(11-12)17(21)18-19-22(2)15-6-4-3-5-13(15)20(25)24(19)10-9-23(16)18/h3-8,11,19H,9-10H2,1-2H3. The maximum Gasteiger partial charge on any atom is 0.257 e. The van der Waals surface area contributed by atoms with E-state index in [1.54, 1.807) is 0 Å². The molecule has 0 spiro atoms. The van der Waals surface area contributed by atoms with Crippen LogP contribution in [0, 0.1) is 6.92 Å². The summed E-state index contributed by atoms with van der Waals surface area (Å²) in [6.45, 7) is 3.65. The molecule has 0 saturated carbocycles. The molecule has 2 aliphatic rings. The molecule has 0 radical (unpaired) electrons. The summed E-state index contributed by atoms with van der Waals surface area (Å²) >= 11 is 3.84. The predicted molar refractivity (Wildman–Crippen MR) is 103 cm³/mol. The topological polar surface area (TPSA) is 28.5 Å². The van der Waals surface area contributed by atoms with Gasteiger partial charge in [-0.2, -0.15) is 0 Å². The second-order valence-electron chi connectivity index (χ2n) is 6.87. The molecule has 3 heterocycles. The van der Waals surface area contributed by atoms with Gasteiger partial charge in [-0.05, 0) is 47.1 Å². The van der Waals surface area contributed by atoms with E-state index in [1.807, 2.05) is 29.2 Å². The first-order valence-electron chi connectivity index (χ1n) is 8.49. The first kappa shape index (κ1) is 15.0. The van der Waals surface area contributed by atoms with Crippen molar-refractivity contribution in [1.82, 2.24) is 9.47 Å². The quantitative estimate of drug-likeness (QED) is 0.567. The minimum atomic E-state index is -0.0850. The highest BCUT2D eigenvalue weighted by atomic mass is 79.9. The Hall–Kier alpha value is -2.27. The molecule has 1 amide bonds. The highest BCUT2D eigenvalue weighted by Gasteiger charge is 2.42. The molecule has 3 aromatic rings. The highest BCUT2D eigenvalue weighted by molar-refractivity contribution is 9.10. The number of carbonyl (C=O) groups excluding carboxylic acids is 1. The molecule has 4 nitrogen and oxygen atoms in total. The zero-order chi connectivity index (χ0) is 17.3. The highest BCUT2D eigenvalue weighted by Crippen LogP contribution is 2.45. The third-order valence-corrected chi connectivity index (χ3v) is 6.27. The summed E-state index contributed by atoms with van der Waals surface area (Å²) in [5.41, 5.74) is 5.42. The third-order valence-electron chi connectivity index (χ3n) is 5.44. The molecule has 0 aliphatic carbocycles. The van der Waals surface area contributed by atoms with Gasteiger partial charge in [0.25, 0.3) is 5.91 Å². The van der Waals surface area contributed by atoms with Gasteiger partial charge in [0.05, 0.1) is 21.4 Å². The van der Waals surface area contributed by atoms with Gasteiger partial charge in [-0.3, -0.25) is 4.79 Å². The number of hydrogen-bond acceptors (Lipinski definition) is 2. The molecule has 1 aromatic heterocycles. The minimum Gasteiger partial charge on any atom is -0.349 e. The van der Waals surface area contributed by atoms with Crippen molar-refractivity contribution in [3.05, 3.63) is 63.8 Å². The summed E-state index contributed by atoms with van der Waals surface area (Å²) in [5.74, 6) is 0.123. The van der Waals surface area contributed by atoms with Gasteiger partial charge in [0.1, 0.15) is 6.17 Å². The molecule has 1 unspecified atom stereocenters. The Morgan fingerprint density at radius 2 is 1.92 bits per heavy atom. The van der Waals surface area contributed by atoms with E-state index in [0.717, 1.165) is 34.5 Å². The van der Waals surface area contributed by atoms with E-state index in [4.69, 9.17) is 0 Å². The van der Waals surface area contributed by atoms with Gasteiger partial charge in [-0.15, -0.1) is 0 Å². The Kier molecular flexibility index (Phi) is 3.07. The molecule has 25 heavy (non-hydrogen) atoms. The van der Waals surface area contributed by atoms with Crippen LogP contribution in [-0.2, 0) is 6.54 Å². The second kappa shape index (κ2) is 5.11. The Bertz CT molecular complexity index is 1040. The number of rotatable bonds is 0. The number of aryl methyl sites for hydroxylation is 1. The number of anilines is 1. The van der Waals surface area contributed by atoms with Crippen LogP contribution >= 0.6 is 15.9 Å². The zero-order valence-corrected chi connectivity index (χ0v) is 15.7. The molecule has 0 fully saturated rings. The van der Waals surface area contributed by atoms with Gasteiger partial charge in [0.15, 0.2) is 0 Å². The van der Waals surface area contributed by atoms with Crippen LogP contribution in [0.25, 0.3) is 10.9 Å². The van der Waals surface area contributed by atoms with E-state index in [2.05, 4.69) is 57.6 Å². The average Bonchev–Trinajstić information content (AvgIpc) is 2.91. The molecule has 2 aromatic carbocycles. The van der Waals surface area contributed by atoms with Crippen molar-refractivity contribution in [2.45, 2.75) is 19.6 Å². The fourth-order valence-corrected chi connectivity index (χ4v) is 5.01. The van der Waals surface area contributed by atoms with Crippen LogP contribution in [0.5, 0.6) is 0 Å². The molecule has 0 N–H and O–H groups in total. The Labute approximate surface area is 154 Å². The van der Waals surface area contributed by atoms with E-state index < -0.39 is 0 Å². The van der Waals surface area contributed by atoms with E-state index >= 15 is 0 Å². The van der Waals surface area contributed by atoms with Gasteiger partial charge < -0.3 is 14.4 Å². The predicted octanol–water partition coefficient (Wildman–Crippen LogP) is 4.32. The summed E-state index contributed by atoms with van der Waals surface area (Å²) in [6, 6.07) is 14.4. The largest absolute Gasteiger partial charge is 0.349 e. The first-order chi connectivity index (χ1) is 12.1. The van der Waals surface area contributed by atoms with E-state index in [9.17, 15) is 4.79 Å². The lowest BCUT2D eigenvalue weighted by Crippen LogP contribution is -2.52. The fraction of sp³-hybridized carbons (Fsp3) is 0.250. The number of carbonyl (C=O) groups is 1. The van der Waals surface area contributed by atoms with Crippen LogP contribution in [0.1, 0.15) is 27.8 Å². The van der Waals surface area contributed by atoms with E-state index in [-0.39, 0.29) is 12.1 Å². The lowest BCUT2D eigenvalue weighted by Gasteiger charge is -2.46. The third kappa shape index (κ3) is 1.90. The van der Waals surface area contributed by atoms with Gasteiger partial charge in [-0.25, -0.2) is 0 Å². The normalized spacial score (nSPS) is 19.0. The zero-order valence-electron chi connectivity index (χ0n) is 14.2. The number of halogens is 1. The molecular weight excluding hydrogens is 378 g/mol. The van der Waals surface area contributed by atoms with Crippen LogP contribution in [0.15, 0.2) is 46.9 Å². The summed E-state index contributed by atoms with van der Waals surface area (Å²) in [6.07, 6.45) is -0.0850. The number of amides is 1. The molecule has 2 aliphatic heterocycles. The van der Waals surface area contributed by atoms with Crippen LogP contribution in [0.2, 0.25) is 0 Å². The molecule has 5 rings (SSSR count). The van der Waals surface area contributed by atoms with Crippen LogP contribution in [0.4, 0.5) is 5.69 Å². The number of benzene rings is 2. The summed E-state index contributed by atoms with van der Waals surface area (Å²) < 4.78 is 3.46. The van der Waals surface area contributed by atoms with Crippen molar-refractivity contribution < 1.29 is 4.79 Å². The molecule has 0 saturated heterocycles. The second-order valence-corrected chi connectivity index (χ2v) is 7.66. The first-order valence-corrected chi connectivity index (χ1v) is 9.28. The molecular formula is C20H18BrN3O. The minimum absolute atomic E-state index is 0.0850. The van der Waals surface area contributed by atoms with Crippen molar-refractivity contribution in [2.75, 3.05) is 18.5 Å². The van der Waals surface area contributed by atoms with Crippen molar-refractivity contribution in [2.24, 2.45) is 0 Å². The van der Waals surface area contributed by atoms with Crippen molar-refractivity contribution in [1.29, 1.82) is 0 Å². The van der Waals surface area contributed by atoms with E-state index in [0.29, 0.717) is 0 Å². The maximum absolute atomic E-state index is 13.1. The van der Waals surface area contributed by atoms with Gasteiger partial charge in [-0.1, -0.05) is 23.8 Å². The molecule has 5 heteroatoms. The fourth-order valence-electron chi connectivity index (χ4n) is 4.27. The van der Waals surface area contributed by atoms with Crippen molar-refractivity contribution in [3.63, 3.8) is 0 Å². The maximum atomic E-state index is 13.1. The lowest BCUT2D eigenvalue weighted by molar-refractivity contribution is 0.0601. The monoisotopic (exact) mass is 395 g/mol. The van der Waals surface area contributed by atoms with Gasteiger partial charge >= 0.3 is 0 Å². The molecule has 126 valence electrons. The smallest absolute Gasteiger partial charge is 0.257 e. The van der Waals surface area contributed by atoms with Crippen molar-refractivity contribution >= 4 is 38.4 Å². The average molecular weight is 396 g/mol.